The number of hydrogen-bond acceptors (Lipinski definition) is 6. The van der Waals surface area contributed by atoms with Crippen LogP contribution in [-0.2, 0) is 19.1 Å². The Morgan fingerprint density at radius 1 is 1.12 bits per heavy atom. The first kappa shape index (κ1) is 23.4. The highest BCUT2D eigenvalue weighted by Gasteiger charge is 2.36. The first-order chi connectivity index (χ1) is 15.4. The van der Waals surface area contributed by atoms with Gasteiger partial charge in [0.2, 0.25) is 11.8 Å². The smallest absolute Gasteiger partial charge is 0.307 e. The number of anilines is 1. The lowest BCUT2D eigenvalue weighted by Crippen LogP contribution is -2.36. The van der Waals surface area contributed by atoms with Crippen LogP contribution < -0.4 is 19.7 Å². The van der Waals surface area contributed by atoms with Gasteiger partial charge in [0.05, 0.1) is 39.7 Å². The molecule has 1 fully saturated rings. The molecule has 1 saturated heterocycles. The van der Waals surface area contributed by atoms with Crippen molar-refractivity contribution in [1.82, 2.24) is 5.32 Å². The minimum Gasteiger partial charge on any atom is -0.493 e. The molecule has 3 rings (SSSR count). The summed E-state index contributed by atoms with van der Waals surface area (Å²) in [5, 5.41) is 3.40. The summed E-state index contributed by atoms with van der Waals surface area (Å²) in [5.41, 5.74) is 1.29. The minimum atomic E-state index is -0.662. The van der Waals surface area contributed by atoms with Crippen LogP contribution in [0.25, 0.3) is 0 Å². The quantitative estimate of drug-likeness (QED) is 0.608. The third-order valence-electron chi connectivity index (χ3n) is 5.34. The van der Waals surface area contributed by atoms with E-state index < -0.39 is 17.9 Å². The second-order valence-electron chi connectivity index (χ2n) is 7.34. The second kappa shape index (κ2) is 10.4. The molecule has 0 spiro atoms. The predicted octanol–water partition coefficient (Wildman–Crippen LogP) is 3.13. The highest BCUT2D eigenvalue weighted by Crippen LogP contribution is 2.32. The van der Waals surface area contributed by atoms with Crippen LogP contribution in [0.3, 0.4) is 0 Å². The second-order valence-corrected chi connectivity index (χ2v) is 7.78. The number of carbonyl (C=O) groups is 3. The van der Waals surface area contributed by atoms with Gasteiger partial charge in [-0.25, -0.2) is 0 Å². The molecule has 1 N–H and O–H groups in total. The van der Waals surface area contributed by atoms with Gasteiger partial charge in [-0.2, -0.15) is 0 Å². The van der Waals surface area contributed by atoms with Gasteiger partial charge in [0, 0.05) is 23.7 Å². The number of rotatable bonds is 8. The maximum atomic E-state index is 13.0. The Morgan fingerprint density at radius 3 is 2.53 bits per heavy atom. The summed E-state index contributed by atoms with van der Waals surface area (Å²) >= 11 is 6.03. The molecule has 2 aromatic carbocycles. The van der Waals surface area contributed by atoms with E-state index in [1.165, 1.54) is 21.3 Å². The highest BCUT2D eigenvalue weighted by atomic mass is 35.5. The molecular weight excluding hydrogens is 436 g/mol. The van der Waals surface area contributed by atoms with Crippen LogP contribution in [0.1, 0.15) is 24.4 Å². The normalized spacial score (nSPS) is 16.4. The molecule has 1 aliphatic rings. The molecule has 1 heterocycles. The number of carbonyl (C=O) groups excluding carboxylic acids is 3. The Bertz CT molecular complexity index is 1010. The predicted molar refractivity (Wildman–Crippen MR) is 119 cm³/mol. The molecule has 2 amide bonds. The Morgan fingerprint density at radius 2 is 1.88 bits per heavy atom. The molecule has 2 atom stereocenters. The summed E-state index contributed by atoms with van der Waals surface area (Å²) in [7, 11) is 4.31. The summed E-state index contributed by atoms with van der Waals surface area (Å²) < 4.78 is 15.4. The molecule has 1 aliphatic heterocycles. The van der Waals surface area contributed by atoms with Crippen molar-refractivity contribution in [2.24, 2.45) is 5.92 Å². The molecule has 2 unspecified atom stereocenters. The van der Waals surface area contributed by atoms with Gasteiger partial charge in [0.15, 0.2) is 11.5 Å². The van der Waals surface area contributed by atoms with Crippen molar-refractivity contribution in [2.75, 3.05) is 32.8 Å². The number of nitrogens with zero attached hydrogens (tertiary/aromatic N) is 1. The lowest BCUT2D eigenvalue weighted by atomic mass is 10.0. The molecule has 2 aromatic rings. The zero-order valence-electron chi connectivity index (χ0n) is 18.1. The largest absolute Gasteiger partial charge is 0.493 e. The molecule has 0 bridgehead atoms. The number of amides is 2. The fraction of sp³-hybridized carbons (Fsp3) is 0.348. The number of hydrogen-bond donors (Lipinski definition) is 1. The van der Waals surface area contributed by atoms with Gasteiger partial charge in [-0.1, -0.05) is 23.7 Å². The third kappa shape index (κ3) is 5.31. The number of benzene rings is 2. The third-order valence-corrected chi connectivity index (χ3v) is 5.58. The van der Waals surface area contributed by atoms with E-state index in [9.17, 15) is 14.4 Å². The Balaban J connectivity index is 1.78. The highest BCUT2D eigenvalue weighted by molar-refractivity contribution is 6.31. The summed E-state index contributed by atoms with van der Waals surface area (Å²) in [6, 6.07) is 11.4. The first-order valence-corrected chi connectivity index (χ1v) is 10.4. The molecule has 32 heavy (non-hydrogen) atoms. The lowest BCUT2D eigenvalue weighted by Gasteiger charge is -2.22. The average Bonchev–Trinajstić information content (AvgIpc) is 3.19. The van der Waals surface area contributed by atoms with Gasteiger partial charge < -0.3 is 24.4 Å². The maximum absolute atomic E-state index is 13.0. The van der Waals surface area contributed by atoms with E-state index in [0.29, 0.717) is 27.8 Å². The van der Waals surface area contributed by atoms with Crippen molar-refractivity contribution in [3.05, 3.63) is 53.1 Å². The maximum Gasteiger partial charge on any atom is 0.307 e. The van der Waals surface area contributed by atoms with Crippen molar-refractivity contribution in [2.45, 2.75) is 18.9 Å². The Kier molecular flexibility index (Phi) is 7.58. The van der Waals surface area contributed by atoms with Crippen molar-refractivity contribution in [1.29, 1.82) is 0 Å². The van der Waals surface area contributed by atoms with E-state index in [4.69, 9.17) is 25.8 Å². The molecule has 0 aromatic heterocycles. The van der Waals surface area contributed by atoms with Crippen LogP contribution in [0.5, 0.6) is 11.5 Å². The number of esters is 1. The van der Waals surface area contributed by atoms with E-state index in [1.807, 2.05) is 0 Å². The van der Waals surface area contributed by atoms with Crippen molar-refractivity contribution in [3.8, 4) is 11.5 Å². The SMILES string of the molecule is COC(=O)CC(NC(=O)C1CC(=O)N(c2cccc(Cl)c2)C1)c1ccc(OC)c(OC)c1. The monoisotopic (exact) mass is 460 g/mol. The lowest BCUT2D eigenvalue weighted by molar-refractivity contribution is -0.141. The van der Waals surface area contributed by atoms with Gasteiger partial charge in [0.1, 0.15) is 0 Å². The van der Waals surface area contributed by atoms with Gasteiger partial charge in [-0.05, 0) is 35.9 Å². The van der Waals surface area contributed by atoms with Crippen LogP contribution in [0.4, 0.5) is 5.69 Å². The fourth-order valence-corrected chi connectivity index (χ4v) is 3.82. The number of methoxy groups -OCH3 is 3. The zero-order chi connectivity index (χ0) is 23.3. The fourth-order valence-electron chi connectivity index (χ4n) is 3.64. The molecule has 0 radical (unpaired) electrons. The van der Waals surface area contributed by atoms with Crippen molar-refractivity contribution in [3.63, 3.8) is 0 Å². The van der Waals surface area contributed by atoms with E-state index in [0.717, 1.165) is 0 Å². The standard InChI is InChI=1S/C23H25ClN2O6/c1-30-19-8-7-14(9-20(19)31-2)18(12-22(28)32-3)25-23(29)15-10-21(27)26(13-15)17-6-4-5-16(24)11-17/h4-9,11,15,18H,10,12-13H2,1-3H3,(H,25,29). The molecule has 0 aliphatic carbocycles. The topological polar surface area (TPSA) is 94.2 Å². The first-order valence-electron chi connectivity index (χ1n) is 10.0. The van der Waals surface area contributed by atoms with Gasteiger partial charge in [-0.3, -0.25) is 14.4 Å². The molecule has 8 nitrogen and oxygen atoms in total. The summed E-state index contributed by atoms with van der Waals surface area (Å²) in [6.07, 6.45) is -0.00831. The van der Waals surface area contributed by atoms with Crippen LogP contribution in [0.2, 0.25) is 5.02 Å². The van der Waals surface area contributed by atoms with Gasteiger partial charge in [0.25, 0.3) is 0 Å². The van der Waals surface area contributed by atoms with Gasteiger partial charge in [-0.15, -0.1) is 0 Å². The zero-order valence-corrected chi connectivity index (χ0v) is 18.8. The van der Waals surface area contributed by atoms with Crippen LogP contribution in [0, 0.1) is 5.92 Å². The van der Waals surface area contributed by atoms with E-state index in [2.05, 4.69) is 5.32 Å². The van der Waals surface area contributed by atoms with Crippen LogP contribution in [-0.4, -0.2) is 45.7 Å². The molecule has 9 heteroatoms. The number of halogens is 1. The number of ether oxygens (including phenoxy) is 3. The average molecular weight is 461 g/mol. The van der Waals surface area contributed by atoms with Crippen molar-refractivity contribution >= 4 is 35.1 Å². The summed E-state index contributed by atoms with van der Waals surface area (Å²) in [5.74, 6) is -0.542. The van der Waals surface area contributed by atoms with E-state index in [-0.39, 0.29) is 31.2 Å². The molecular formula is C23H25ClN2O6. The minimum absolute atomic E-state index is 0.0647. The van der Waals surface area contributed by atoms with Crippen molar-refractivity contribution < 1.29 is 28.6 Å². The van der Waals surface area contributed by atoms with Gasteiger partial charge >= 0.3 is 5.97 Å². The van der Waals surface area contributed by atoms with Crippen LogP contribution in [0.15, 0.2) is 42.5 Å². The Labute approximate surface area is 191 Å². The summed E-state index contributed by atoms with van der Waals surface area (Å²) in [6.45, 7) is 0.224. The van der Waals surface area contributed by atoms with Crippen LogP contribution >= 0.6 is 11.6 Å². The molecule has 0 saturated carbocycles. The van der Waals surface area contributed by atoms with E-state index in [1.54, 1.807) is 47.4 Å². The van der Waals surface area contributed by atoms with E-state index >= 15 is 0 Å². The summed E-state index contributed by atoms with van der Waals surface area (Å²) in [4.78, 5) is 39.1. The number of nitrogens with one attached hydrogen (secondary N) is 1. The Hall–Kier alpha value is -3.26. The molecule has 170 valence electrons.